The molecular weight excluding hydrogens is 258 g/mol. The number of hydrogen-bond acceptors (Lipinski definition) is 3. The normalized spacial score (nSPS) is 12.4. The summed E-state index contributed by atoms with van der Waals surface area (Å²) in [5, 5.41) is 3.51. The van der Waals surface area contributed by atoms with E-state index in [2.05, 4.69) is 62.1 Å². The van der Waals surface area contributed by atoms with E-state index in [0.717, 1.165) is 25.3 Å². The molecule has 1 unspecified atom stereocenters. The largest absolute Gasteiger partial charge is 0.368 e. The maximum absolute atomic E-state index is 4.50. The fourth-order valence-electron chi connectivity index (χ4n) is 2.50. The van der Waals surface area contributed by atoms with E-state index in [1.807, 2.05) is 0 Å². The van der Waals surface area contributed by atoms with Crippen molar-refractivity contribution in [1.82, 2.24) is 10.3 Å². The molecule has 1 heterocycles. The maximum Gasteiger partial charge on any atom is 0.0447 e. The van der Waals surface area contributed by atoms with Crippen molar-refractivity contribution in [3.05, 3.63) is 23.5 Å². The van der Waals surface area contributed by atoms with Crippen molar-refractivity contribution in [2.45, 2.75) is 72.9 Å². The van der Waals surface area contributed by atoms with Crippen LogP contribution in [0.1, 0.15) is 64.6 Å². The van der Waals surface area contributed by atoms with Gasteiger partial charge in [-0.25, -0.2) is 0 Å². The molecule has 3 nitrogen and oxygen atoms in total. The molecular formula is C18H33N3. The third-order valence-corrected chi connectivity index (χ3v) is 4.03. The molecule has 1 rings (SSSR count). The van der Waals surface area contributed by atoms with Crippen molar-refractivity contribution in [3.63, 3.8) is 0 Å². The number of pyridine rings is 1. The maximum atomic E-state index is 4.50. The first-order valence-corrected chi connectivity index (χ1v) is 8.56. The number of anilines is 1. The van der Waals surface area contributed by atoms with Gasteiger partial charge in [-0.05, 0) is 45.7 Å². The SMILES string of the molecule is CCCCN(c1cc(C)ncc1CNCCC)C(C)CC. The molecule has 0 radical (unpaired) electrons. The summed E-state index contributed by atoms with van der Waals surface area (Å²) in [7, 11) is 0. The van der Waals surface area contributed by atoms with Gasteiger partial charge in [-0.3, -0.25) is 4.98 Å². The molecule has 3 heteroatoms. The van der Waals surface area contributed by atoms with Crippen LogP contribution >= 0.6 is 0 Å². The van der Waals surface area contributed by atoms with Gasteiger partial charge in [-0.2, -0.15) is 0 Å². The molecule has 0 saturated carbocycles. The molecule has 0 saturated heterocycles. The quantitative estimate of drug-likeness (QED) is 0.652. The number of nitrogens with one attached hydrogen (secondary N) is 1. The fourth-order valence-corrected chi connectivity index (χ4v) is 2.50. The molecule has 0 aliphatic rings. The standard InChI is InChI=1S/C18H33N3/c1-6-9-11-21(16(5)8-3)18-12-15(4)20-14-17(18)13-19-10-7-2/h12,14,16,19H,6-11,13H2,1-5H3. The van der Waals surface area contributed by atoms with Gasteiger partial charge in [0.05, 0.1) is 0 Å². The summed E-state index contributed by atoms with van der Waals surface area (Å²) < 4.78 is 0. The Morgan fingerprint density at radius 3 is 2.62 bits per heavy atom. The first-order chi connectivity index (χ1) is 10.1. The van der Waals surface area contributed by atoms with Gasteiger partial charge < -0.3 is 10.2 Å². The number of hydrogen-bond donors (Lipinski definition) is 1. The minimum Gasteiger partial charge on any atom is -0.368 e. The van der Waals surface area contributed by atoms with Gasteiger partial charge in [0.15, 0.2) is 0 Å². The monoisotopic (exact) mass is 291 g/mol. The Morgan fingerprint density at radius 1 is 1.24 bits per heavy atom. The van der Waals surface area contributed by atoms with Crippen LogP contribution in [0.5, 0.6) is 0 Å². The van der Waals surface area contributed by atoms with Crippen molar-refractivity contribution < 1.29 is 0 Å². The number of aryl methyl sites for hydroxylation is 1. The van der Waals surface area contributed by atoms with Crippen LogP contribution in [0.3, 0.4) is 0 Å². The Balaban J connectivity index is 2.99. The first kappa shape index (κ1) is 18.0. The van der Waals surface area contributed by atoms with Crippen LogP contribution in [0.2, 0.25) is 0 Å². The van der Waals surface area contributed by atoms with E-state index in [1.54, 1.807) is 0 Å². The molecule has 0 aliphatic carbocycles. The van der Waals surface area contributed by atoms with E-state index in [9.17, 15) is 0 Å². The van der Waals surface area contributed by atoms with Crippen LogP contribution in [0.4, 0.5) is 5.69 Å². The second-order valence-corrected chi connectivity index (χ2v) is 5.94. The van der Waals surface area contributed by atoms with Crippen LogP contribution in [-0.2, 0) is 6.54 Å². The summed E-state index contributed by atoms with van der Waals surface area (Å²) in [5.41, 5.74) is 3.80. The molecule has 0 amide bonds. The highest BCUT2D eigenvalue weighted by atomic mass is 15.2. The van der Waals surface area contributed by atoms with Crippen molar-refractivity contribution in [2.24, 2.45) is 0 Å². The van der Waals surface area contributed by atoms with Gasteiger partial charge in [0.2, 0.25) is 0 Å². The minimum absolute atomic E-state index is 0.572. The highest BCUT2D eigenvalue weighted by Crippen LogP contribution is 2.24. The number of nitrogens with zero attached hydrogens (tertiary/aromatic N) is 2. The van der Waals surface area contributed by atoms with E-state index >= 15 is 0 Å². The van der Waals surface area contributed by atoms with E-state index in [0.29, 0.717) is 6.04 Å². The third-order valence-electron chi connectivity index (χ3n) is 4.03. The average molecular weight is 291 g/mol. The smallest absolute Gasteiger partial charge is 0.0447 e. The summed E-state index contributed by atoms with van der Waals surface area (Å²) in [4.78, 5) is 7.07. The van der Waals surface area contributed by atoms with Crippen LogP contribution in [0.15, 0.2) is 12.3 Å². The topological polar surface area (TPSA) is 28.2 Å². The summed E-state index contributed by atoms with van der Waals surface area (Å²) in [6, 6.07) is 2.83. The Morgan fingerprint density at radius 2 is 2.00 bits per heavy atom. The first-order valence-electron chi connectivity index (χ1n) is 8.56. The van der Waals surface area contributed by atoms with Crippen LogP contribution in [0.25, 0.3) is 0 Å². The zero-order valence-electron chi connectivity index (χ0n) is 14.6. The highest BCUT2D eigenvalue weighted by Gasteiger charge is 2.16. The lowest BCUT2D eigenvalue weighted by molar-refractivity contribution is 0.589. The van der Waals surface area contributed by atoms with Crippen LogP contribution in [0, 0.1) is 6.92 Å². The summed E-state index contributed by atoms with van der Waals surface area (Å²) in [6.07, 6.45) is 6.87. The van der Waals surface area contributed by atoms with Crippen LogP contribution < -0.4 is 10.2 Å². The second-order valence-electron chi connectivity index (χ2n) is 5.94. The lowest BCUT2D eigenvalue weighted by atomic mass is 10.1. The minimum atomic E-state index is 0.572. The molecule has 1 N–H and O–H groups in total. The average Bonchev–Trinajstić information content (AvgIpc) is 2.49. The molecule has 120 valence electrons. The van der Waals surface area contributed by atoms with E-state index in [-0.39, 0.29) is 0 Å². The predicted molar refractivity (Wildman–Crippen MR) is 93.0 cm³/mol. The summed E-state index contributed by atoms with van der Waals surface area (Å²) >= 11 is 0. The van der Waals surface area contributed by atoms with Gasteiger partial charge in [0.25, 0.3) is 0 Å². The Bertz CT molecular complexity index is 403. The Hall–Kier alpha value is -1.09. The van der Waals surface area contributed by atoms with E-state index in [4.69, 9.17) is 0 Å². The van der Waals surface area contributed by atoms with Crippen molar-refractivity contribution in [3.8, 4) is 0 Å². The van der Waals surface area contributed by atoms with Gasteiger partial charge in [-0.1, -0.05) is 27.2 Å². The van der Waals surface area contributed by atoms with Gasteiger partial charge >= 0.3 is 0 Å². The molecule has 21 heavy (non-hydrogen) atoms. The zero-order chi connectivity index (χ0) is 15.7. The molecule has 1 atom stereocenters. The van der Waals surface area contributed by atoms with Crippen molar-refractivity contribution >= 4 is 5.69 Å². The Labute approximate surface area is 131 Å². The molecule has 0 fully saturated rings. The van der Waals surface area contributed by atoms with Gasteiger partial charge in [-0.15, -0.1) is 0 Å². The van der Waals surface area contributed by atoms with E-state index < -0.39 is 0 Å². The molecule has 0 spiro atoms. The lowest BCUT2D eigenvalue weighted by Crippen LogP contribution is -2.35. The van der Waals surface area contributed by atoms with E-state index in [1.165, 1.54) is 36.9 Å². The van der Waals surface area contributed by atoms with Crippen molar-refractivity contribution in [1.29, 1.82) is 0 Å². The van der Waals surface area contributed by atoms with Gasteiger partial charge in [0, 0.05) is 42.3 Å². The summed E-state index contributed by atoms with van der Waals surface area (Å²) in [6.45, 7) is 14.3. The molecule has 1 aromatic rings. The molecule has 1 aromatic heterocycles. The number of aromatic nitrogens is 1. The zero-order valence-corrected chi connectivity index (χ0v) is 14.6. The fraction of sp³-hybridized carbons (Fsp3) is 0.722. The number of rotatable bonds is 10. The lowest BCUT2D eigenvalue weighted by Gasteiger charge is -2.33. The number of unbranched alkanes of at least 4 members (excludes halogenated alkanes) is 1. The Kier molecular flexibility index (Phi) is 8.36. The van der Waals surface area contributed by atoms with Gasteiger partial charge in [0.1, 0.15) is 0 Å². The predicted octanol–water partition coefficient (Wildman–Crippen LogP) is 4.29. The molecule has 0 bridgehead atoms. The molecule has 0 aromatic carbocycles. The summed E-state index contributed by atoms with van der Waals surface area (Å²) in [5.74, 6) is 0. The molecule has 0 aliphatic heterocycles. The second kappa shape index (κ2) is 9.78. The van der Waals surface area contributed by atoms with Crippen molar-refractivity contribution in [2.75, 3.05) is 18.0 Å². The van der Waals surface area contributed by atoms with Crippen LogP contribution in [-0.4, -0.2) is 24.1 Å². The highest BCUT2D eigenvalue weighted by molar-refractivity contribution is 5.54. The third kappa shape index (κ3) is 5.66.